The van der Waals surface area contributed by atoms with Crippen molar-refractivity contribution < 1.29 is 9.84 Å². The quantitative estimate of drug-likeness (QED) is 0.549. The summed E-state index contributed by atoms with van der Waals surface area (Å²) in [5, 5.41) is 14.5. The molecule has 1 aromatic heterocycles. The summed E-state index contributed by atoms with van der Waals surface area (Å²) in [6.07, 6.45) is -0.449. The minimum absolute atomic E-state index is 0.449. The first kappa shape index (κ1) is 23.4. The number of ether oxygens (including phenoxy) is 1. The molecule has 2 saturated heterocycles. The Morgan fingerprint density at radius 1 is 0.727 bits per heavy atom. The van der Waals surface area contributed by atoms with Gasteiger partial charge in [0.25, 0.3) is 0 Å². The van der Waals surface area contributed by atoms with Gasteiger partial charge in [-0.3, -0.25) is 14.7 Å². The first-order chi connectivity index (χ1) is 16.1. The Balaban J connectivity index is 1.19. The largest absolute Gasteiger partial charge is 0.390 e. The van der Waals surface area contributed by atoms with Crippen molar-refractivity contribution >= 4 is 45.0 Å². The molecule has 0 unspecified atom stereocenters. The second kappa shape index (κ2) is 10.5. The predicted molar refractivity (Wildman–Crippen MR) is 136 cm³/mol. The third kappa shape index (κ3) is 5.49. The molecule has 0 saturated carbocycles. The number of hydrogen-bond donors (Lipinski definition) is 1. The number of nitrogens with zero attached hydrogens (tertiary/aromatic N) is 4. The van der Waals surface area contributed by atoms with Crippen LogP contribution in [0.2, 0.25) is 10.0 Å². The Labute approximate surface area is 205 Å². The van der Waals surface area contributed by atoms with Crippen LogP contribution in [0.25, 0.3) is 21.8 Å². The second-order valence-electron chi connectivity index (χ2n) is 9.18. The van der Waals surface area contributed by atoms with Crippen LogP contribution in [-0.4, -0.2) is 103 Å². The fourth-order valence-corrected chi connectivity index (χ4v) is 5.46. The lowest BCUT2D eigenvalue weighted by atomic mass is 10.1. The fraction of sp³-hybridized carbons (Fsp3) is 0.520. The number of halogens is 2. The van der Waals surface area contributed by atoms with E-state index in [9.17, 15) is 5.11 Å². The van der Waals surface area contributed by atoms with Crippen molar-refractivity contribution in [2.45, 2.75) is 12.6 Å². The maximum Gasteiger partial charge on any atom is 0.0845 e. The Bertz CT molecular complexity index is 1030. The molecule has 33 heavy (non-hydrogen) atoms. The fourth-order valence-electron chi connectivity index (χ4n) is 5.11. The molecular formula is C25H32Cl2N4O2. The second-order valence-corrected chi connectivity index (χ2v) is 10.1. The molecule has 1 N–H and O–H groups in total. The molecule has 0 spiro atoms. The zero-order valence-corrected chi connectivity index (χ0v) is 20.4. The van der Waals surface area contributed by atoms with Crippen LogP contribution in [0.1, 0.15) is 0 Å². The monoisotopic (exact) mass is 490 g/mol. The average Bonchev–Trinajstić information content (AvgIpc) is 3.11. The smallest absolute Gasteiger partial charge is 0.0845 e. The van der Waals surface area contributed by atoms with Crippen LogP contribution in [0, 0.1) is 0 Å². The number of rotatable bonds is 7. The van der Waals surface area contributed by atoms with Crippen LogP contribution in [0.5, 0.6) is 0 Å². The van der Waals surface area contributed by atoms with Gasteiger partial charge in [-0.25, -0.2) is 0 Å². The standard InChI is InChI=1S/C25H32Cl2N4O2/c26-19-1-3-24-22(15-19)23-16-20(27)2-4-25(23)31(24)18-21(32)17-30-9-7-28(8-10-30)5-6-29-11-13-33-14-12-29/h1-4,15-16,21,32H,5-14,17-18H2/t21-/m0/s1. The van der Waals surface area contributed by atoms with Crippen LogP contribution >= 0.6 is 23.2 Å². The van der Waals surface area contributed by atoms with E-state index in [1.807, 2.05) is 36.4 Å². The maximum atomic E-state index is 11.0. The summed E-state index contributed by atoms with van der Waals surface area (Å²) in [4.78, 5) is 7.42. The molecule has 3 heterocycles. The first-order valence-electron chi connectivity index (χ1n) is 11.9. The first-order valence-corrected chi connectivity index (χ1v) is 12.6. The van der Waals surface area contributed by atoms with Gasteiger partial charge in [0.2, 0.25) is 0 Å². The summed E-state index contributed by atoms with van der Waals surface area (Å²) < 4.78 is 7.63. The number of fused-ring (bicyclic) bond motifs is 3. The van der Waals surface area contributed by atoms with E-state index in [4.69, 9.17) is 27.9 Å². The molecule has 178 valence electrons. The Morgan fingerprint density at radius 2 is 1.24 bits per heavy atom. The van der Waals surface area contributed by atoms with Gasteiger partial charge < -0.3 is 14.4 Å². The molecule has 0 radical (unpaired) electrons. The Kier molecular flexibility index (Phi) is 7.42. The van der Waals surface area contributed by atoms with Gasteiger partial charge >= 0.3 is 0 Å². The number of aromatic nitrogens is 1. The highest BCUT2D eigenvalue weighted by Gasteiger charge is 2.21. The highest BCUT2D eigenvalue weighted by Crippen LogP contribution is 2.33. The lowest BCUT2D eigenvalue weighted by molar-refractivity contribution is 0.0267. The van der Waals surface area contributed by atoms with Crippen molar-refractivity contribution in [3.8, 4) is 0 Å². The third-order valence-electron chi connectivity index (χ3n) is 6.95. The molecule has 2 aromatic carbocycles. The number of aliphatic hydroxyl groups is 1. The normalized spacial score (nSPS) is 20.1. The van der Waals surface area contributed by atoms with Crippen molar-refractivity contribution in [1.82, 2.24) is 19.3 Å². The molecule has 2 fully saturated rings. The summed E-state index contributed by atoms with van der Waals surface area (Å²) in [5.74, 6) is 0. The third-order valence-corrected chi connectivity index (χ3v) is 7.42. The minimum Gasteiger partial charge on any atom is -0.390 e. The van der Waals surface area contributed by atoms with Crippen molar-refractivity contribution in [2.24, 2.45) is 0 Å². The lowest BCUT2D eigenvalue weighted by Gasteiger charge is -2.37. The summed E-state index contributed by atoms with van der Waals surface area (Å²) in [6, 6.07) is 11.8. The van der Waals surface area contributed by atoms with Crippen molar-refractivity contribution in [3.63, 3.8) is 0 Å². The van der Waals surface area contributed by atoms with E-state index >= 15 is 0 Å². The molecule has 5 rings (SSSR count). The Hall–Kier alpha value is -1.38. The molecule has 0 bridgehead atoms. The van der Waals surface area contributed by atoms with Crippen LogP contribution in [0.15, 0.2) is 36.4 Å². The predicted octanol–water partition coefficient (Wildman–Crippen LogP) is 3.41. The van der Waals surface area contributed by atoms with Crippen LogP contribution < -0.4 is 0 Å². The Morgan fingerprint density at radius 3 is 1.82 bits per heavy atom. The number of β-amino-alcohol motifs (C(OH)–C–C–N with tert-alkyl or cyclic N) is 1. The zero-order chi connectivity index (χ0) is 22.8. The average molecular weight is 491 g/mol. The summed E-state index contributed by atoms with van der Waals surface area (Å²) in [6.45, 7) is 11.4. The number of morpholine rings is 1. The van der Waals surface area contributed by atoms with Gasteiger partial charge in [0.05, 0.1) is 25.9 Å². The van der Waals surface area contributed by atoms with Crippen molar-refractivity contribution in [2.75, 3.05) is 72.1 Å². The molecule has 2 aliphatic rings. The van der Waals surface area contributed by atoms with E-state index in [1.165, 1.54) is 0 Å². The van der Waals surface area contributed by atoms with Crippen molar-refractivity contribution in [3.05, 3.63) is 46.4 Å². The number of benzene rings is 2. The summed E-state index contributed by atoms with van der Waals surface area (Å²) in [7, 11) is 0. The molecule has 0 amide bonds. The van der Waals surface area contributed by atoms with E-state index in [2.05, 4.69) is 19.3 Å². The lowest BCUT2D eigenvalue weighted by Crippen LogP contribution is -2.51. The van der Waals surface area contributed by atoms with E-state index in [1.54, 1.807) is 0 Å². The molecule has 8 heteroatoms. The topological polar surface area (TPSA) is 44.1 Å². The number of piperazine rings is 1. The number of hydrogen-bond acceptors (Lipinski definition) is 5. The van der Waals surface area contributed by atoms with E-state index in [0.717, 1.165) is 87.4 Å². The molecular weight excluding hydrogens is 459 g/mol. The van der Waals surface area contributed by atoms with Gasteiger partial charge in [0, 0.05) is 90.8 Å². The van der Waals surface area contributed by atoms with E-state index in [0.29, 0.717) is 23.1 Å². The molecule has 2 aliphatic heterocycles. The van der Waals surface area contributed by atoms with Gasteiger partial charge in [-0.15, -0.1) is 0 Å². The van der Waals surface area contributed by atoms with E-state index < -0.39 is 6.10 Å². The minimum atomic E-state index is -0.449. The molecule has 1 atom stereocenters. The van der Waals surface area contributed by atoms with Gasteiger partial charge in [0.1, 0.15) is 0 Å². The summed E-state index contributed by atoms with van der Waals surface area (Å²) >= 11 is 12.5. The molecule has 6 nitrogen and oxygen atoms in total. The van der Waals surface area contributed by atoms with Crippen LogP contribution in [0.4, 0.5) is 0 Å². The van der Waals surface area contributed by atoms with Crippen molar-refractivity contribution in [1.29, 1.82) is 0 Å². The SMILES string of the molecule is O[C@@H](CN1CCN(CCN2CCOCC2)CC1)Cn1c2ccc(Cl)cc2c2cc(Cl)ccc21. The zero-order valence-electron chi connectivity index (χ0n) is 18.9. The maximum absolute atomic E-state index is 11.0. The number of aliphatic hydroxyl groups excluding tert-OH is 1. The van der Waals surface area contributed by atoms with Crippen LogP contribution in [-0.2, 0) is 11.3 Å². The summed E-state index contributed by atoms with van der Waals surface area (Å²) in [5.41, 5.74) is 2.15. The highest BCUT2D eigenvalue weighted by molar-refractivity contribution is 6.33. The van der Waals surface area contributed by atoms with Crippen LogP contribution in [0.3, 0.4) is 0 Å². The highest BCUT2D eigenvalue weighted by atomic mass is 35.5. The van der Waals surface area contributed by atoms with Gasteiger partial charge in [-0.2, -0.15) is 0 Å². The van der Waals surface area contributed by atoms with E-state index in [-0.39, 0.29) is 0 Å². The molecule has 3 aromatic rings. The van der Waals surface area contributed by atoms with Gasteiger partial charge in [0.15, 0.2) is 0 Å². The van der Waals surface area contributed by atoms with Gasteiger partial charge in [-0.05, 0) is 36.4 Å². The van der Waals surface area contributed by atoms with Gasteiger partial charge in [-0.1, -0.05) is 23.2 Å². The molecule has 0 aliphatic carbocycles.